The number of quaternary nitrogens is 1. The molecule has 0 N–H and O–H groups in total. The molecule has 1 saturated heterocycles. The van der Waals surface area contributed by atoms with Crippen LogP contribution in [-0.2, 0) is 0 Å². The highest BCUT2D eigenvalue weighted by Gasteiger charge is 2.28. The maximum absolute atomic E-state index is 2.61. The van der Waals surface area contributed by atoms with Crippen molar-refractivity contribution in [1.82, 2.24) is 4.90 Å². The van der Waals surface area contributed by atoms with Gasteiger partial charge in [-0.1, -0.05) is 6.92 Å². The first-order chi connectivity index (χ1) is 6.26. The number of nitrogens with zero attached hydrogens (tertiary/aromatic N) is 2. The quantitative estimate of drug-likeness (QED) is 0.526. The number of piperazine rings is 1. The Morgan fingerprint density at radius 1 is 1.00 bits per heavy atom. The molecule has 86 valence electrons. The first kappa shape index (κ1) is 14.2. The van der Waals surface area contributed by atoms with Crippen LogP contribution in [0.15, 0.2) is 0 Å². The highest BCUT2D eigenvalue weighted by Crippen LogP contribution is 2.12. The number of likely N-dealkylation sites (N-methyl/N-ethyl adjacent to an activating group) is 1. The topological polar surface area (TPSA) is 3.24 Å². The number of halogens is 1. The summed E-state index contributed by atoms with van der Waals surface area (Å²) in [5.41, 5.74) is 0. The van der Waals surface area contributed by atoms with E-state index in [0.29, 0.717) is 0 Å². The molecular weight excluding hydrogens is 196 g/mol. The van der Waals surface area contributed by atoms with Gasteiger partial charge in [-0.3, -0.25) is 4.90 Å². The van der Waals surface area contributed by atoms with Crippen LogP contribution in [0.3, 0.4) is 0 Å². The Hall–Kier alpha value is 0.210. The summed E-state index contributed by atoms with van der Waals surface area (Å²) in [4.78, 5) is 2.61. The molecule has 14 heavy (non-hydrogen) atoms. The predicted molar refractivity (Wildman–Crippen MR) is 57.8 cm³/mol. The minimum atomic E-state index is 0. The van der Waals surface area contributed by atoms with Crippen molar-refractivity contribution >= 4 is 0 Å². The van der Waals surface area contributed by atoms with E-state index in [9.17, 15) is 0 Å². The maximum Gasteiger partial charge on any atom is 0.0916 e. The molecule has 1 aliphatic heterocycles. The van der Waals surface area contributed by atoms with E-state index in [2.05, 4.69) is 25.7 Å². The van der Waals surface area contributed by atoms with Crippen molar-refractivity contribution in [1.29, 1.82) is 0 Å². The molecule has 1 aliphatic rings. The van der Waals surface area contributed by atoms with Gasteiger partial charge in [-0.25, -0.2) is 0 Å². The largest absolute Gasteiger partial charge is 1.00 e. The lowest BCUT2D eigenvalue weighted by Gasteiger charge is -2.43. The summed E-state index contributed by atoms with van der Waals surface area (Å²) in [6.07, 6.45) is 1.30. The SMILES string of the molecule is CCCN1CC[N+](CC)(CC)CC1.[Cl-]. The molecule has 1 heterocycles. The molecule has 1 fully saturated rings. The van der Waals surface area contributed by atoms with Crippen molar-refractivity contribution in [2.24, 2.45) is 0 Å². The van der Waals surface area contributed by atoms with Gasteiger partial charge >= 0.3 is 0 Å². The van der Waals surface area contributed by atoms with E-state index in [1.807, 2.05) is 0 Å². The molecule has 2 nitrogen and oxygen atoms in total. The van der Waals surface area contributed by atoms with Gasteiger partial charge in [0.15, 0.2) is 0 Å². The lowest BCUT2D eigenvalue weighted by atomic mass is 10.2. The Kier molecular flexibility index (Phi) is 6.75. The third-order valence-corrected chi connectivity index (χ3v) is 3.66. The van der Waals surface area contributed by atoms with E-state index in [4.69, 9.17) is 0 Å². The van der Waals surface area contributed by atoms with Crippen LogP contribution in [0.4, 0.5) is 0 Å². The minimum absolute atomic E-state index is 0. The molecule has 0 amide bonds. The molecule has 0 aromatic carbocycles. The van der Waals surface area contributed by atoms with Crippen LogP contribution in [0, 0.1) is 0 Å². The van der Waals surface area contributed by atoms with Gasteiger partial charge in [0, 0.05) is 13.1 Å². The molecule has 0 saturated carbocycles. The molecule has 0 atom stereocenters. The zero-order valence-corrected chi connectivity index (χ0v) is 10.7. The first-order valence-electron chi connectivity index (χ1n) is 5.83. The maximum atomic E-state index is 2.61. The Bertz CT molecular complexity index is 136. The van der Waals surface area contributed by atoms with Gasteiger partial charge in [0.05, 0.1) is 26.2 Å². The Morgan fingerprint density at radius 2 is 1.50 bits per heavy atom. The molecule has 0 radical (unpaired) electrons. The van der Waals surface area contributed by atoms with Gasteiger partial charge in [0.1, 0.15) is 0 Å². The Labute approximate surface area is 95.3 Å². The third-order valence-electron chi connectivity index (χ3n) is 3.66. The van der Waals surface area contributed by atoms with Gasteiger partial charge < -0.3 is 16.9 Å². The number of rotatable bonds is 4. The summed E-state index contributed by atoms with van der Waals surface area (Å²) in [6, 6.07) is 0. The van der Waals surface area contributed by atoms with Gasteiger partial charge in [-0.2, -0.15) is 0 Å². The molecule has 0 aliphatic carbocycles. The van der Waals surface area contributed by atoms with Crippen LogP contribution in [0.2, 0.25) is 0 Å². The van der Waals surface area contributed by atoms with Crippen LogP contribution < -0.4 is 12.4 Å². The average molecular weight is 221 g/mol. The summed E-state index contributed by atoms with van der Waals surface area (Å²) in [5.74, 6) is 0. The second-order valence-electron chi connectivity index (χ2n) is 4.26. The van der Waals surface area contributed by atoms with Crippen molar-refractivity contribution in [3.63, 3.8) is 0 Å². The summed E-state index contributed by atoms with van der Waals surface area (Å²) in [7, 11) is 0. The van der Waals surface area contributed by atoms with Crippen LogP contribution in [0.1, 0.15) is 27.2 Å². The van der Waals surface area contributed by atoms with Crippen molar-refractivity contribution in [3.05, 3.63) is 0 Å². The molecule has 0 bridgehead atoms. The number of hydrogen-bond acceptors (Lipinski definition) is 1. The normalized spacial score (nSPS) is 21.6. The van der Waals surface area contributed by atoms with Gasteiger partial charge in [-0.15, -0.1) is 0 Å². The van der Waals surface area contributed by atoms with Crippen molar-refractivity contribution in [2.45, 2.75) is 27.2 Å². The fourth-order valence-electron chi connectivity index (χ4n) is 2.33. The minimum Gasteiger partial charge on any atom is -1.00 e. The molecule has 0 aromatic heterocycles. The van der Waals surface area contributed by atoms with E-state index < -0.39 is 0 Å². The van der Waals surface area contributed by atoms with Gasteiger partial charge in [-0.05, 0) is 26.8 Å². The fourth-order valence-corrected chi connectivity index (χ4v) is 2.33. The highest BCUT2D eigenvalue weighted by molar-refractivity contribution is 4.62. The van der Waals surface area contributed by atoms with Crippen LogP contribution in [-0.4, -0.2) is 55.2 Å². The third kappa shape index (κ3) is 3.41. The smallest absolute Gasteiger partial charge is 0.0916 e. The predicted octanol–water partition coefficient (Wildman–Crippen LogP) is -1.43. The summed E-state index contributed by atoms with van der Waals surface area (Å²) >= 11 is 0. The first-order valence-corrected chi connectivity index (χ1v) is 5.83. The van der Waals surface area contributed by atoms with E-state index in [-0.39, 0.29) is 12.4 Å². The average Bonchev–Trinajstić information content (AvgIpc) is 2.20. The van der Waals surface area contributed by atoms with Crippen LogP contribution in [0.5, 0.6) is 0 Å². The van der Waals surface area contributed by atoms with Gasteiger partial charge in [0.25, 0.3) is 0 Å². The van der Waals surface area contributed by atoms with E-state index in [0.717, 1.165) is 0 Å². The summed E-state index contributed by atoms with van der Waals surface area (Å²) in [5, 5.41) is 0. The van der Waals surface area contributed by atoms with Crippen LogP contribution >= 0.6 is 0 Å². The molecule has 1 rings (SSSR count). The monoisotopic (exact) mass is 220 g/mol. The lowest BCUT2D eigenvalue weighted by Crippen LogP contribution is -3.00. The Morgan fingerprint density at radius 3 is 1.86 bits per heavy atom. The van der Waals surface area contributed by atoms with Gasteiger partial charge in [0.2, 0.25) is 0 Å². The molecule has 3 heteroatoms. The zero-order valence-electron chi connectivity index (χ0n) is 9.93. The van der Waals surface area contributed by atoms with E-state index >= 15 is 0 Å². The van der Waals surface area contributed by atoms with Crippen molar-refractivity contribution in [3.8, 4) is 0 Å². The molecule has 0 aromatic rings. The van der Waals surface area contributed by atoms with E-state index in [1.165, 1.54) is 56.7 Å². The van der Waals surface area contributed by atoms with Crippen LogP contribution in [0.25, 0.3) is 0 Å². The molecular formula is C11H25ClN2. The van der Waals surface area contributed by atoms with E-state index in [1.54, 1.807) is 0 Å². The summed E-state index contributed by atoms with van der Waals surface area (Å²) < 4.78 is 1.35. The number of hydrogen-bond donors (Lipinski definition) is 0. The van der Waals surface area contributed by atoms with Crippen molar-refractivity contribution < 1.29 is 16.9 Å². The Balaban J connectivity index is 0.00000169. The standard InChI is InChI=1S/C11H25N2.ClH/c1-4-7-12-8-10-13(5-2,6-3)11-9-12;/h4-11H2,1-3H3;1H/q+1;/p-1. The lowest BCUT2D eigenvalue weighted by molar-refractivity contribution is -0.928. The second kappa shape index (κ2) is 6.65. The fraction of sp³-hybridized carbons (Fsp3) is 1.00. The summed E-state index contributed by atoms with van der Waals surface area (Å²) in [6.45, 7) is 16.2. The van der Waals surface area contributed by atoms with Crippen molar-refractivity contribution in [2.75, 3.05) is 45.8 Å². The second-order valence-corrected chi connectivity index (χ2v) is 4.26. The molecule has 0 spiro atoms. The zero-order chi connectivity index (χ0) is 9.73. The molecule has 0 unspecified atom stereocenters. The highest BCUT2D eigenvalue weighted by atomic mass is 35.5.